The first-order valence-electron chi connectivity index (χ1n) is 7.10. The summed E-state index contributed by atoms with van der Waals surface area (Å²) in [4.78, 5) is 2.26. The largest absolute Gasteiger partial charge is 0.391 e. The molecule has 0 aliphatic rings. The molecular formula is C16H24N2O. The number of aliphatic hydroxyl groups excluding tert-OH is 1. The molecule has 0 heterocycles. The zero-order valence-corrected chi connectivity index (χ0v) is 12.1. The van der Waals surface area contributed by atoms with E-state index < -0.39 is 12.0 Å². The smallest absolute Gasteiger partial charge is 0.0971 e. The number of rotatable bonds is 7. The van der Waals surface area contributed by atoms with Gasteiger partial charge in [0.1, 0.15) is 0 Å². The molecule has 1 N–H and O–H groups in total. The van der Waals surface area contributed by atoms with Crippen LogP contribution in [0, 0.1) is 11.3 Å². The Morgan fingerprint density at radius 3 is 2.16 bits per heavy atom. The maximum atomic E-state index is 10.0. The molecule has 3 heteroatoms. The number of nitrogens with zero attached hydrogens (tertiary/aromatic N) is 2. The monoisotopic (exact) mass is 260 g/mol. The molecule has 0 radical (unpaired) electrons. The summed E-state index contributed by atoms with van der Waals surface area (Å²) >= 11 is 0. The standard InChI is InChI=1S/C16H24N2O/c1-4-7-16(19)15(12-17)13-8-10-14(11-9-13)18(5-2)6-3/h8-11,15-16,19H,4-7H2,1-3H3. The van der Waals surface area contributed by atoms with Gasteiger partial charge in [-0.25, -0.2) is 0 Å². The molecule has 0 amide bonds. The van der Waals surface area contributed by atoms with Gasteiger partial charge in [0.25, 0.3) is 0 Å². The minimum atomic E-state index is -0.575. The highest BCUT2D eigenvalue weighted by Gasteiger charge is 2.20. The Kier molecular flexibility index (Phi) is 6.38. The van der Waals surface area contributed by atoms with Gasteiger partial charge in [-0.05, 0) is 38.0 Å². The summed E-state index contributed by atoms with van der Waals surface area (Å²) in [6.07, 6.45) is 0.974. The molecule has 0 aliphatic heterocycles. The molecule has 0 spiro atoms. The predicted molar refractivity (Wildman–Crippen MR) is 79.3 cm³/mol. The highest BCUT2D eigenvalue weighted by molar-refractivity contribution is 5.48. The maximum Gasteiger partial charge on any atom is 0.0971 e. The predicted octanol–water partition coefficient (Wildman–Crippen LogP) is 3.30. The normalized spacial score (nSPS) is 13.6. The summed E-state index contributed by atoms with van der Waals surface area (Å²) in [7, 11) is 0. The minimum Gasteiger partial charge on any atom is -0.391 e. The van der Waals surface area contributed by atoms with Crippen LogP contribution in [0.25, 0.3) is 0 Å². The van der Waals surface area contributed by atoms with Crippen molar-refractivity contribution in [2.24, 2.45) is 0 Å². The molecule has 0 saturated heterocycles. The van der Waals surface area contributed by atoms with Gasteiger partial charge in [0.2, 0.25) is 0 Å². The van der Waals surface area contributed by atoms with E-state index in [0.29, 0.717) is 6.42 Å². The highest BCUT2D eigenvalue weighted by atomic mass is 16.3. The Bertz CT molecular complexity index is 404. The number of anilines is 1. The van der Waals surface area contributed by atoms with Gasteiger partial charge in [-0.2, -0.15) is 5.26 Å². The van der Waals surface area contributed by atoms with Crippen molar-refractivity contribution in [2.45, 2.75) is 45.6 Å². The van der Waals surface area contributed by atoms with Gasteiger partial charge < -0.3 is 10.0 Å². The molecule has 2 atom stereocenters. The lowest BCUT2D eigenvalue weighted by molar-refractivity contribution is 0.150. The number of nitriles is 1. The lowest BCUT2D eigenvalue weighted by Gasteiger charge is -2.22. The minimum absolute atomic E-state index is 0.425. The average Bonchev–Trinajstić information content (AvgIpc) is 2.43. The van der Waals surface area contributed by atoms with Crippen molar-refractivity contribution in [1.29, 1.82) is 5.26 Å². The maximum absolute atomic E-state index is 10.0. The number of aliphatic hydroxyl groups is 1. The fraction of sp³-hybridized carbons (Fsp3) is 0.562. The Morgan fingerprint density at radius 2 is 1.74 bits per heavy atom. The van der Waals surface area contributed by atoms with E-state index in [-0.39, 0.29) is 0 Å². The quantitative estimate of drug-likeness (QED) is 0.818. The Hall–Kier alpha value is -1.53. The third-order valence-corrected chi connectivity index (χ3v) is 3.49. The topological polar surface area (TPSA) is 47.3 Å². The van der Waals surface area contributed by atoms with Crippen molar-refractivity contribution < 1.29 is 5.11 Å². The SMILES string of the molecule is CCCC(O)C(C#N)c1ccc(N(CC)CC)cc1. The Balaban J connectivity index is 2.87. The average molecular weight is 260 g/mol. The summed E-state index contributed by atoms with van der Waals surface area (Å²) in [6, 6.07) is 10.2. The van der Waals surface area contributed by atoms with Crippen LogP contribution in [0.2, 0.25) is 0 Å². The molecule has 1 aromatic carbocycles. The number of hydrogen-bond donors (Lipinski definition) is 1. The van der Waals surface area contributed by atoms with E-state index in [0.717, 1.165) is 30.8 Å². The van der Waals surface area contributed by atoms with Gasteiger partial charge in [-0.3, -0.25) is 0 Å². The number of benzene rings is 1. The highest BCUT2D eigenvalue weighted by Crippen LogP contribution is 2.24. The molecule has 104 valence electrons. The zero-order valence-electron chi connectivity index (χ0n) is 12.1. The Labute approximate surface area is 116 Å². The molecule has 3 nitrogen and oxygen atoms in total. The van der Waals surface area contributed by atoms with Crippen LogP contribution in [0.3, 0.4) is 0 Å². The molecule has 1 aromatic rings. The van der Waals surface area contributed by atoms with Crippen molar-refractivity contribution in [1.82, 2.24) is 0 Å². The van der Waals surface area contributed by atoms with Crippen molar-refractivity contribution in [3.8, 4) is 6.07 Å². The van der Waals surface area contributed by atoms with Crippen molar-refractivity contribution in [2.75, 3.05) is 18.0 Å². The summed E-state index contributed by atoms with van der Waals surface area (Å²) in [5, 5.41) is 19.2. The lowest BCUT2D eigenvalue weighted by atomic mass is 9.92. The van der Waals surface area contributed by atoms with Crippen molar-refractivity contribution in [3.63, 3.8) is 0 Å². The summed E-state index contributed by atoms with van der Waals surface area (Å²) in [5.41, 5.74) is 2.06. The van der Waals surface area contributed by atoms with Gasteiger partial charge in [0, 0.05) is 18.8 Å². The molecule has 0 fully saturated rings. The van der Waals surface area contributed by atoms with Crippen LogP contribution in [0.4, 0.5) is 5.69 Å². The molecule has 0 saturated carbocycles. The zero-order chi connectivity index (χ0) is 14.3. The van der Waals surface area contributed by atoms with Crippen LogP contribution >= 0.6 is 0 Å². The van der Waals surface area contributed by atoms with Gasteiger partial charge in [-0.1, -0.05) is 25.5 Å². The molecule has 19 heavy (non-hydrogen) atoms. The van der Waals surface area contributed by atoms with E-state index >= 15 is 0 Å². The van der Waals surface area contributed by atoms with Gasteiger partial charge in [-0.15, -0.1) is 0 Å². The van der Waals surface area contributed by atoms with E-state index in [9.17, 15) is 10.4 Å². The number of hydrogen-bond acceptors (Lipinski definition) is 3. The first-order chi connectivity index (χ1) is 9.17. The van der Waals surface area contributed by atoms with Crippen LogP contribution in [0.1, 0.15) is 45.1 Å². The molecule has 1 rings (SSSR count). The van der Waals surface area contributed by atoms with Crippen LogP contribution < -0.4 is 4.90 Å². The van der Waals surface area contributed by atoms with E-state index in [1.54, 1.807) is 0 Å². The summed E-state index contributed by atoms with van der Waals surface area (Å²) in [5.74, 6) is -0.425. The third kappa shape index (κ3) is 3.97. The first kappa shape index (κ1) is 15.5. The van der Waals surface area contributed by atoms with Crippen LogP contribution in [0.15, 0.2) is 24.3 Å². The van der Waals surface area contributed by atoms with E-state index in [2.05, 4.69) is 24.8 Å². The fourth-order valence-electron chi connectivity index (χ4n) is 2.33. The van der Waals surface area contributed by atoms with Crippen LogP contribution in [-0.2, 0) is 0 Å². The fourth-order valence-corrected chi connectivity index (χ4v) is 2.33. The van der Waals surface area contributed by atoms with Gasteiger partial charge >= 0.3 is 0 Å². The van der Waals surface area contributed by atoms with Gasteiger partial charge in [0.15, 0.2) is 0 Å². The van der Waals surface area contributed by atoms with Crippen LogP contribution in [-0.4, -0.2) is 24.3 Å². The van der Waals surface area contributed by atoms with Crippen molar-refractivity contribution in [3.05, 3.63) is 29.8 Å². The molecule has 2 unspecified atom stereocenters. The van der Waals surface area contributed by atoms with Gasteiger partial charge in [0.05, 0.1) is 18.1 Å². The lowest BCUT2D eigenvalue weighted by Crippen LogP contribution is -2.22. The third-order valence-electron chi connectivity index (χ3n) is 3.49. The summed E-state index contributed by atoms with van der Waals surface area (Å²) < 4.78 is 0. The molecule has 0 aromatic heterocycles. The van der Waals surface area contributed by atoms with E-state index in [1.807, 2.05) is 31.2 Å². The second-order valence-corrected chi connectivity index (χ2v) is 4.73. The second kappa shape index (κ2) is 7.81. The van der Waals surface area contributed by atoms with Crippen LogP contribution in [0.5, 0.6) is 0 Å². The Morgan fingerprint density at radius 1 is 1.16 bits per heavy atom. The second-order valence-electron chi connectivity index (χ2n) is 4.73. The molecule has 0 aliphatic carbocycles. The molecular weight excluding hydrogens is 236 g/mol. The van der Waals surface area contributed by atoms with Crippen molar-refractivity contribution >= 4 is 5.69 Å². The van der Waals surface area contributed by atoms with E-state index in [4.69, 9.17) is 0 Å². The first-order valence-corrected chi connectivity index (χ1v) is 7.10. The molecule has 0 bridgehead atoms. The summed E-state index contributed by atoms with van der Waals surface area (Å²) in [6.45, 7) is 8.20. The van der Waals surface area contributed by atoms with E-state index in [1.165, 1.54) is 0 Å².